The van der Waals surface area contributed by atoms with Crippen LogP contribution in [0.1, 0.15) is 46.2 Å². The van der Waals surface area contributed by atoms with Crippen LogP contribution in [0.15, 0.2) is 24.3 Å². The molecule has 0 saturated heterocycles. The molecule has 0 spiro atoms. The fourth-order valence-corrected chi connectivity index (χ4v) is 3.04. The molecule has 0 radical (unpaired) electrons. The predicted octanol–water partition coefficient (Wildman–Crippen LogP) is 3.58. The summed E-state index contributed by atoms with van der Waals surface area (Å²) in [6.07, 6.45) is 0. The van der Waals surface area contributed by atoms with Crippen LogP contribution in [0.3, 0.4) is 0 Å². The Balaban J connectivity index is 3.04. The van der Waals surface area contributed by atoms with E-state index in [1.54, 1.807) is 6.07 Å². The molecule has 0 aliphatic rings. The molecule has 0 bridgehead atoms. The minimum absolute atomic E-state index is 0.00331. The van der Waals surface area contributed by atoms with E-state index in [-0.39, 0.29) is 29.4 Å². The van der Waals surface area contributed by atoms with E-state index in [9.17, 15) is 4.39 Å². The third kappa shape index (κ3) is 3.77. The van der Waals surface area contributed by atoms with Gasteiger partial charge in [0.2, 0.25) is 0 Å². The first kappa shape index (κ1) is 16.1. The minimum Gasteiger partial charge on any atom is -0.327 e. The van der Waals surface area contributed by atoms with E-state index >= 15 is 0 Å². The first-order chi connectivity index (χ1) is 8.66. The first-order valence-corrected chi connectivity index (χ1v) is 6.88. The third-order valence-corrected chi connectivity index (χ3v) is 3.79. The standard InChI is InChI=1S/C16H27FN2/c1-11(18)15(16(3,4)5)19(6)12(2)13-9-7-8-10-14(13)17/h7-12,15H,18H2,1-6H3. The van der Waals surface area contributed by atoms with Crippen molar-refractivity contribution in [3.63, 3.8) is 0 Å². The van der Waals surface area contributed by atoms with Gasteiger partial charge in [-0.05, 0) is 32.4 Å². The number of hydrogen-bond donors (Lipinski definition) is 1. The zero-order valence-electron chi connectivity index (χ0n) is 12.9. The minimum atomic E-state index is -0.154. The Hall–Kier alpha value is -0.930. The molecule has 3 atom stereocenters. The molecule has 0 aliphatic carbocycles. The quantitative estimate of drug-likeness (QED) is 0.902. The normalized spacial score (nSPS) is 17.3. The number of hydrogen-bond acceptors (Lipinski definition) is 2. The van der Waals surface area contributed by atoms with Gasteiger partial charge in [-0.2, -0.15) is 0 Å². The molecule has 0 saturated carbocycles. The lowest BCUT2D eigenvalue weighted by atomic mass is 9.81. The molecule has 3 heteroatoms. The molecule has 1 aromatic rings. The molecule has 0 amide bonds. The van der Waals surface area contributed by atoms with Crippen LogP contribution in [0.25, 0.3) is 0 Å². The summed E-state index contributed by atoms with van der Waals surface area (Å²) in [7, 11) is 2.02. The second-order valence-electron chi connectivity index (χ2n) is 6.53. The van der Waals surface area contributed by atoms with Gasteiger partial charge in [-0.15, -0.1) is 0 Å². The summed E-state index contributed by atoms with van der Waals surface area (Å²) in [6, 6.07) is 7.16. The van der Waals surface area contributed by atoms with Crippen molar-refractivity contribution < 1.29 is 4.39 Å². The average Bonchev–Trinajstić information content (AvgIpc) is 2.26. The van der Waals surface area contributed by atoms with Gasteiger partial charge >= 0.3 is 0 Å². The van der Waals surface area contributed by atoms with Crippen molar-refractivity contribution in [2.75, 3.05) is 7.05 Å². The summed E-state index contributed by atoms with van der Waals surface area (Å²) in [5, 5.41) is 0. The topological polar surface area (TPSA) is 29.3 Å². The largest absolute Gasteiger partial charge is 0.327 e. The van der Waals surface area contributed by atoms with Crippen molar-refractivity contribution in [2.24, 2.45) is 11.1 Å². The SMILES string of the molecule is CC(N)C(N(C)C(C)c1ccccc1F)C(C)(C)C. The molecule has 2 nitrogen and oxygen atoms in total. The van der Waals surface area contributed by atoms with Crippen LogP contribution in [0.2, 0.25) is 0 Å². The van der Waals surface area contributed by atoms with Crippen LogP contribution in [-0.4, -0.2) is 24.0 Å². The molecule has 2 N–H and O–H groups in total. The Kier molecular flexibility index (Phi) is 5.11. The number of nitrogens with zero attached hydrogens (tertiary/aromatic N) is 1. The van der Waals surface area contributed by atoms with Gasteiger partial charge in [0, 0.05) is 23.7 Å². The maximum Gasteiger partial charge on any atom is 0.127 e. The van der Waals surface area contributed by atoms with Crippen molar-refractivity contribution in [2.45, 2.75) is 52.7 Å². The van der Waals surface area contributed by atoms with Crippen molar-refractivity contribution in [3.8, 4) is 0 Å². The highest BCUT2D eigenvalue weighted by Crippen LogP contribution is 2.32. The van der Waals surface area contributed by atoms with Crippen LogP contribution in [0.5, 0.6) is 0 Å². The Bertz CT molecular complexity index is 409. The van der Waals surface area contributed by atoms with Gasteiger partial charge in [0.05, 0.1) is 0 Å². The zero-order valence-corrected chi connectivity index (χ0v) is 12.9. The Morgan fingerprint density at radius 3 is 2.11 bits per heavy atom. The van der Waals surface area contributed by atoms with Crippen molar-refractivity contribution in [3.05, 3.63) is 35.6 Å². The van der Waals surface area contributed by atoms with Crippen molar-refractivity contribution in [1.82, 2.24) is 4.90 Å². The maximum atomic E-state index is 13.9. The zero-order chi connectivity index (χ0) is 14.8. The predicted molar refractivity (Wildman–Crippen MR) is 79.5 cm³/mol. The third-order valence-electron chi connectivity index (χ3n) is 3.79. The lowest BCUT2D eigenvalue weighted by Crippen LogP contribution is -2.52. The monoisotopic (exact) mass is 266 g/mol. The van der Waals surface area contributed by atoms with Gasteiger partial charge in [0.25, 0.3) is 0 Å². The van der Waals surface area contributed by atoms with Crippen LogP contribution in [-0.2, 0) is 0 Å². The molecule has 1 aromatic carbocycles. The Morgan fingerprint density at radius 2 is 1.68 bits per heavy atom. The smallest absolute Gasteiger partial charge is 0.127 e. The molecule has 19 heavy (non-hydrogen) atoms. The van der Waals surface area contributed by atoms with E-state index in [2.05, 4.69) is 25.7 Å². The number of benzene rings is 1. The lowest BCUT2D eigenvalue weighted by molar-refractivity contribution is 0.0731. The van der Waals surface area contributed by atoms with Gasteiger partial charge < -0.3 is 5.73 Å². The van der Waals surface area contributed by atoms with E-state index in [4.69, 9.17) is 5.73 Å². The molecule has 0 fully saturated rings. The van der Waals surface area contributed by atoms with Crippen LogP contribution < -0.4 is 5.73 Å². The molecular weight excluding hydrogens is 239 g/mol. The van der Waals surface area contributed by atoms with Gasteiger partial charge in [0.1, 0.15) is 5.82 Å². The molecule has 1 rings (SSSR count). The highest BCUT2D eigenvalue weighted by Gasteiger charge is 2.34. The van der Waals surface area contributed by atoms with E-state index in [1.807, 2.05) is 33.0 Å². The highest BCUT2D eigenvalue weighted by atomic mass is 19.1. The molecule has 0 heterocycles. The van der Waals surface area contributed by atoms with Crippen LogP contribution in [0.4, 0.5) is 4.39 Å². The molecule has 0 aliphatic heterocycles. The van der Waals surface area contributed by atoms with Gasteiger partial charge in [-0.3, -0.25) is 4.90 Å². The summed E-state index contributed by atoms with van der Waals surface area (Å²) >= 11 is 0. The lowest BCUT2D eigenvalue weighted by Gasteiger charge is -2.43. The summed E-state index contributed by atoms with van der Waals surface area (Å²) < 4.78 is 13.9. The van der Waals surface area contributed by atoms with Crippen LogP contribution >= 0.6 is 0 Å². The van der Waals surface area contributed by atoms with E-state index in [0.29, 0.717) is 0 Å². The fraction of sp³-hybridized carbons (Fsp3) is 0.625. The van der Waals surface area contributed by atoms with Gasteiger partial charge in [-0.25, -0.2) is 4.39 Å². The summed E-state index contributed by atoms with van der Waals surface area (Å²) in [4.78, 5) is 2.18. The van der Waals surface area contributed by atoms with Crippen LogP contribution in [0, 0.1) is 11.2 Å². The number of halogens is 1. The average molecular weight is 266 g/mol. The number of likely N-dealkylation sites (N-methyl/N-ethyl adjacent to an activating group) is 1. The van der Waals surface area contributed by atoms with Gasteiger partial charge in [0.15, 0.2) is 0 Å². The fourth-order valence-electron chi connectivity index (χ4n) is 3.04. The molecule has 108 valence electrons. The summed E-state index contributed by atoms with van der Waals surface area (Å²) in [5.41, 5.74) is 6.91. The van der Waals surface area contributed by atoms with Crippen molar-refractivity contribution >= 4 is 0 Å². The van der Waals surface area contributed by atoms with Gasteiger partial charge in [-0.1, -0.05) is 39.0 Å². The molecule has 3 unspecified atom stereocenters. The molecule has 0 aromatic heterocycles. The van der Waals surface area contributed by atoms with E-state index < -0.39 is 0 Å². The Morgan fingerprint density at radius 1 is 1.16 bits per heavy atom. The second-order valence-corrected chi connectivity index (χ2v) is 6.53. The molecular formula is C16H27FN2. The highest BCUT2D eigenvalue weighted by molar-refractivity contribution is 5.21. The van der Waals surface area contributed by atoms with E-state index in [0.717, 1.165) is 5.56 Å². The second kappa shape index (κ2) is 6.02. The van der Waals surface area contributed by atoms with E-state index in [1.165, 1.54) is 6.07 Å². The first-order valence-electron chi connectivity index (χ1n) is 6.88. The Labute approximate surface area is 116 Å². The summed E-state index contributed by atoms with van der Waals surface area (Å²) in [6.45, 7) is 10.6. The van der Waals surface area contributed by atoms with Crippen molar-refractivity contribution in [1.29, 1.82) is 0 Å². The summed E-state index contributed by atoms with van der Waals surface area (Å²) in [5.74, 6) is -0.154. The maximum absolute atomic E-state index is 13.9. The number of nitrogens with two attached hydrogens (primary N) is 1. The number of rotatable bonds is 4.